The average molecular weight is 338 g/mol. The van der Waals surface area contributed by atoms with Crippen LogP contribution in [0.1, 0.15) is 37.2 Å². The van der Waals surface area contributed by atoms with E-state index in [9.17, 15) is 0 Å². The van der Waals surface area contributed by atoms with Crippen molar-refractivity contribution in [2.24, 2.45) is 0 Å². The average Bonchev–Trinajstić information content (AvgIpc) is 2.96. The molecule has 0 aliphatic rings. The first-order chi connectivity index (χ1) is 10.7. The third kappa shape index (κ3) is 5.18. The molecule has 22 heavy (non-hydrogen) atoms. The van der Waals surface area contributed by atoms with Crippen molar-refractivity contribution in [3.05, 3.63) is 39.9 Å². The van der Waals surface area contributed by atoms with Crippen LogP contribution < -0.4 is 4.74 Å². The molecule has 2 rings (SSSR count). The second kappa shape index (κ2) is 9.00. The van der Waals surface area contributed by atoms with E-state index in [0.29, 0.717) is 4.77 Å². The molecule has 0 unspecified atom stereocenters. The highest BCUT2D eigenvalue weighted by Gasteiger charge is 2.03. The Bertz CT molecular complexity index is 636. The van der Waals surface area contributed by atoms with E-state index < -0.39 is 0 Å². The van der Waals surface area contributed by atoms with Crippen LogP contribution in [-0.2, 0) is 18.6 Å². The third-order valence-electron chi connectivity index (χ3n) is 3.39. The monoisotopic (exact) mass is 337 g/mol. The SMILES string of the molecule is CCc1ccc(OCCCSCc2n[nH]c(=S)[nH]2)c(CC)c1. The van der Waals surface area contributed by atoms with Crippen LogP contribution in [0.4, 0.5) is 0 Å². The van der Waals surface area contributed by atoms with Crippen LogP contribution in [0.3, 0.4) is 0 Å². The lowest BCUT2D eigenvalue weighted by atomic mass is 10.1. The number of aryl methyl sites for hydroxylation is 2. The van der Waals surface area contributed by atoms with Crippen molar-refractivity contribution in [3.63, 3.8) is 0 Å². The summed E-state index contributed by atoms with van der Waals surface area (Å²) < 4.78 is 6.51. The van der Waals surface area contributed by atoms with E-state index in [1.54, 1.807) is 0 Å². The number of rotatable bonds is 9. The van der Waals surface area contributed by atoms with E-state index in [1.165, 1.54) is 11.1 Å². The summed E-state index contributed by atoms with van der Waals surface area (Å²) >= 11 is 6.78. The van der Waals surface area contributed by atoms with Gasteiger partial charge in [-0.3, -0.25) is 5.10 Å². The van der Waals surface area contributed by atoms with Gasteiger partial charge in [0.2, 0.25) is 0 Å². The highest BCUT2D eigenvalue weighted by molar-refractivity contribution is 7.98. The van der Waals surface area contributed by atoms with E-state index in [4.69, 9.17) is 17.0 Å². The molecule has 1 aromatic carbocycles. The van der Waals surface area contributed by atoms with Gasteiger partial charge in [0, 0.05) is 0 Å². The van der Waals surface area contributed by atoms with Crippen molar-refractivity contribution in [1.29, 1.82) is 0 Å². The minimum Gasteiger partial charge on any atom is -0.493 e. The minimum atomic E-state index is 0.585. The number of hydrogen-bond acceptors (Lipinski definition) is 4. The number of nitrogens with one attached hydrogen (secondary N) is 2. The molecular formula is C16H23N3OS2. The van der Waals surface area contributed by atoms with E-state index in [2.05, 4.69) is 47.2 Å². The van der Waals surface area contributed by atoms with Crippen molar-refractivity contribution < 1.29 is 4.74 Å². The zero-order chi connectivity index (χ0) is 15.8. The summed E-state index contributed by atoms with van der Waals surface area (Å²) in [7, 11) is 0. The summed E-state index contributed by atoms with van der Waals surface area (Å²) in [5.74, 6) is 3.82. The Labute approximate surface area is 141 Å². The molecule has 0 bridgehead atoms. The molecular weight excluding hydrogens is 314 g/mol. The lowest BCUT2D eigenvalue weighted by molar-refractivity contribution is 0.315. The predicted octanol–water partition coefficient (Wildman–Crippen LogP) is 4.29. The van der Waals surface area contributed by atoms with Crippen molar-refractivity contribution in [1.82, 2.24) is 15.2 Å². The van der Waals surface area contributed by atoms with Gasteiger partial charge in [-0.15, -0.1) is 0 Å². The summed E-state index contributed by atoms with van der Waals surface area (Å²) in [6.07, 6.45) is 3.10. The van der Waals surface area contributed by atoms with Gasteiger partial charge < -0.3 is 9.72 Å². The largest absolute Gasteiger partial charge is 0.493 e. The van der Waals surface area contributed by atoms with E-state index >= 15 is 0 Å². The molecule has 0 atom stereocenters. The Kier molecular flexibility index (Phi) is 6.99. The molecule has 2 N–H and O–H groups in total. The molecule has 0 radical (unpaired) electrons. The number of hydrogen-bond donors (Lipinski definition) is 2. The molecule has 0 spiro atoms. The first-order valence-electron chi connectivity index (χ1n) is 7.68. The first-order valence-corrected chi connectivity index (χ1v) is 9.25. The second-order valence-corrected chi connectivity index (χ2v) is 6.54. The van der Waals surface area contributed by atoms with Crippen LogP contribution in [0.2, 0.25) is 0 Å². The maximum atomic E-state index is 5.92. The van der Waals surface area contributed by atoms with Gasteiger partial charge in [0.15, 0.2) is 4.77 Å². The van der Waals surface area contributed by atoms with Crippen LogP contribution in [0, 0.1) is 4.77 Å². The van der Waals surface area contributed by atoms with E-state index in [-0.39, 0.29) is 0 Å². The van der Waals surface area contributed by atoms with Crippen LogP contribution >= 0.6 is 24.0 Å². The number of ether oxygens (including phenoxy) is 1. The van der Waals surface area contributed by atoms with Gasteiger partial charge in [-0.05, 0) is 54.4 Å². The molecule has 120 valence electrons. The van der Waals surface area contributed by atoms with Gasteiger partial charge in [0.25, 0.3) is 0 Å². The van der Waals surface area contributed by atoms with Crippen LogP contribution in [0.15, 0.2) is 18.2 Å². The Balaban J connectivity index is 1.69. The number of H-pyrrole nitrogens is 2. The maximum absolute atomic E-state index is 5.92. The summed E-state index contributed by atoms with van der Waals surface area (Å²) in [6.45, 7) is 5.10. The molecule has 0 aliphatic carbocycles. The van der Waals surface area contributed by atoms with Gasteiger partial charge in [-0.25, -0.2) is 0 Å². The number of benzene rings is 1. The van der Waals surface area contributed by atoms with Gasteiger partial charge in [0.1, 0.15) is 11.6 Å². The lowest BCUT2D eigenvalue weighted by Gasteiger charge is -2.11. The molecule has 2 aromatic rings. The Morgan fingerprint density at radius 2 is 2.14 bits per heavy atom. The van der Waals surface area contributed by atoms with E-state index in [0.717, 1.165) is 48.9 Å². The standard InChI is InChI=1S/C16H23N3OS2/c1-3-12-6-7-14(13(4-2)10-12)20-8-5-9-22-11-15-17-16(21)19-18-15/h6-7,10H,3-5,8-9,11H2,1-2H3,(H2,17,18,19,21). The fraction of sp³-hybridized carbons (Fsp3) is 0.500. The first kappa shape index (κ1) is 17.1. The topological polar surface area (TPSA) is 53.7 Å². The molecule has 0 amide bonds. The fourth-order valence-corrected chi connectivity index (χ4v) is 3.12. The maximum Gasteiger partial charge on any atom is 0.192 e. The number of aromatic amines is 2. The molecule has 6 heteroatoms. The van der Waals surface area contributed by atoms with E-state index in [1.807, 2.05) is 11.8 Å². The molecule has 0 saturated carbocycles. The van der Waals surface area contributed by atoms with Gasteiger partial charge in [-0.2, -0.15) is 16.9 Å². The van der Waals surface area contributed by atoms with Gasteiger partial charge in [0.05, 0.1) is 12.4 Å². The second-order valence-electron chi connectivity index (χ2n) is 5.03. The van der Waals surface area contributed by atoms with Crippen molar-refractivity contribution in [3.8, 4) is 5.75 Å². The number of aromatic nitrogens is 3. The Morgan fingerprint density at radius 3 is 2.82 bits per heavy atom. The number of nitrogens with zero attached hydrogens (tertiary/aromatic N) is 1. The molecule has 1 heterocycles. The van der Waals surface area contributed by atoms with Crippen LogP contribution in [0.5, 0.6) is 5.75 Å². The molecule has 4 nitrogen and oxygen atoms in total. The van der Waals surface area contributed by atoms with Gasteiger partial charge >= 0.3 is 0 Å². The number of thioether (sulfide) groups is 1. The molecule has 1 aromatic heterocycles. The summed E-state index contributed by atoms with van der Waals surface area (Å²) in [5.41, 5.74) is 2.67. The van der Waals surface area contributed by atoms with Crippen LogP contribution in [-0.4, -0.2) is 27.5 Å². The molecule has 0 saturated heterocycles. The lowest BCUT2D eigenvalue weighted by Crippen LogP contribution is -2.02. The van der Waals surface area contributed by atoms with Crippen molar-refractivity contribution >= 4 is 24.0 Å². The van der Waals surface area contributed by atoms with Crippen molar-refractivity contribution in [2.45, 2.75) is 38.9 Å². The molecule has 0 fully saturated rings. The van der Waals surface area contributed by atoms with Crippen LogP contribution in [0.25, 0.3) is 0 Å². The minimum absolute atomic E-state index is 0.585. The smallest absolute Gasteiger partial charge is 0.192 e. The quantitative estimate of drug-likeness (QED) is 0.529. The fourth-order valence-electron chi connectivity index (χ4n) is 2.16. The summed E-state index contributed by atoms with van der Waals surface area (Å²) in [4.78, 5) is 3.01. The molecule has 0 aliphatic heterocycles. The third-order valence-corrected chi connectivity index (χ3v) is 4.64. The normalized spacial score (nSPS) is 10.8. The Hall–Kier alpha value is -1.27. The Morgan fingerprint density at radius 1 is 1.27 bits per heavy atom. The zero-order valence-electron chi connectivity index (χ0n) is 13.1. The van der Waals surface area contributed by atoms with Crippen molar-refractivity contribution in [2.75, 3.05) is 12.4 Å². The highest BCUT2D eigenvalue weighted by atomic mass is 32.2. The highest BCUT2D eigenvalue weighted by Crippen LogP contribution is 2.21. The zero-order valence-corrected chi connectivity index (χ0v) is 14.8. The summed E-state index contributed by atoms with van der Waals surface area (Å²) in [5, 5.41) is 6.82. The predicted molar refractivity (Wildman–Crippen MR) is 95.2 cm³/mol. The van der Waals surface area contributed by atoms with Gasteiger partial charge in [-0.1, -0.05) is 26.0 Å². The summed E-state index contributed by atoms with van der Waals surface area (Å²) in [6, 6.07) is 6.52.